The fourth-order valence-electron chi connectivity index (χ4n) is 2.30. The summed E-state index contributed by atoms with van der Waals surface area (Å²) in [7, 11) is 1.89. The number of carbonyl (C=O) groups is 1. The second-order valence-corrected chi connectivity index (χ2v) is 6.46. The van der Waals surface area contributed by atoms with E-state index in [-0.39, 0.29) is 5.91 Å². The van der Waals surface area contributed by atoms with Gasteiger partial charge in [0.1, 0.15) is 5.75 Å². The van der Waals surface area contributed by atoms with Crippen LogP contribution in [0.15, 0.2) is 24.3 Å². The van der Waals surface area contributed by atoms with Crippen molar-refractivity contribution in [2.45, 2.75) is 39.8 Å². The molecule has 1 aromatic carbocycles. The monoisotopic (exact) mass is 335 g/mol. The zero-order chi connectivity index (χ0) is 17.2. The minimum atomic E-state index is -0.988. The van der Waals surface area contributed by atoms with Crippen molar-refractivity contribution in [3.8, 4) is 5.75 Å². The van der Waals surface area contributed by atoms with Gasteiger partial charge in [0.05, 0.1) is 5.69 Å². The number of nitrogens with zero attached hydrogens (tertiary/aromatic N) is 2. The summed E-state index contributed by atoms with van der Waals surface area (Å²) in [5.74, 6) is 0.415. The van der Waals surface area contributed by atoms with E-state index in [1.165, 1.54) is 0 Å². The number of carbonyl (C=O) groups excluding carboxylic acids is 1. The Kier molecular flexibility index (Phi) is 5.00. The molecule has 0 radical (unpaired) electrons. The lowest BCUT2D eigenvalue weighted by Gasteiger charge is -2.25. The molecule has 0 aliphatic rings. The highest BCUT2D eigenvalue weighted by Gasteiger charge is 2.30. The average molecular weight is 336 g/mol. The van der Waals surface area contributed by atoms with Crippen LogP contribution in [0.5, 0.6) is 5.75 Å². The molecule has 6 heteroatoms. The molecule has 0 fully saturated rings. The molecule has 1 amide bonds. The van der Waals surface area contributed by atoms with Crippen molar-refractivity contribution in [2.75, 3.05) is 0 Å². The quantitative estimate of drug-likeness (QED) is 0.913. The van der Waals surface area contributed by atoms with Crippen LogP contribution in [0.1, 0.15) is 30.8 Å². The summed E-state index contributed by atoms with van der Waals surface area (Å²) in [5, 5.41) is 7.90. The molecule has 2 rings (SSSR count). The molecule has 5 nitrogen and oxygen atoms in total. The molecule has 0 bridgehead atoms. The molecule has 124 valence electrons. The van der Waals surface area contributed by atoms with E-state index in [1.54, 1.807) is 38.1 Å². The standard InChI is InChI=1S/C17H22ClN3O2/c1-11-15(12(2)21(5)20-11)10-19-16(22)17(3,4)23-14-8-6-13(18)7-9-14/h6-9H,10H2,1-5H3,(H,19,22). The molecule has 0 unspecified atom stereocenters. The molecule has 1 heterocycles. The van der Waals surface area contributed by atoms with Crippen LogP contribution in [-0.2, 0) is 18.4 Å². The minimum absolute atomic E-state index is 0.185. The first-order chi connectivity index (χ1) is 10.7. The Labute approximate surface area is 141 Å². The molecule has 0 aliphatic heterocycles. The van der Waals surface area contributed by atoms with Gasteiger partial charge in [-0.3, -0.25) is 9.48 Å². The van der Waals surface area contributed by atoms with Gasteiger partial charge in [0, 0.05) is 29.9 Å². The zero-order valence-corrected chi connectivity index (χ0v) is 14.9. The summed E-state index contributed by atoms with van der Waals surface area (Å²) in [5.41, 5.74) is 2.00. The first kappa shape index (κ1) is 17.3. The smallest absolute Gasteiger partial charge is 0.263 e. The first-order valence-corrected chi connectivity index (χ1v) is 7.80. The molecule has 0 aliphatic carbocycles. The Bertz CT molecular complexity index is 705. The summed E-state index contributed by atoms with van der Waals surface area (Å²) in [6.45, 7) is 7.82. The van der Waals surface area contributed by atoms with E-state index in [0.717, 1.165) is 17.0 Å². The van der Waals surface area contributed by atoms with Crippen LogP contribution in [0.4, 0.5) is 0 Å². The summed E-state index contributed by atoms with van der Waals surface area (Å²) in [6.07, 6.45) is 0. The predicted molar refractivity (Wildman–Crippen MR) is 90.7 cm³/mol. The molecule has 1 N–H and O–H groups in total. The van der Waals surface area contributed by atoms with E-state index in [4.69, 9.17) is 16.3 Å². The van der Waals surface area contributed by atoms with Crippen LogP contribution >= 0.6 is 11.6 Å². The molecular formula is C17H22ClN3O2. The van der Waals surface area contributed by atoms with E-state index in [0.29, 0.717) is 17.3 Å². The van der Waals surface area contributed by atoms with E-state index in [9.17, 15) is 4.79 Å². The van der Waals surface area contributed by atoms with Gasteiger partial charge < -0.3 is 10.1 Å². The number of ether oxygens (including phenoxy) is 1. The van der Waals surface area contributed by atoms with Crippen LogP contribution in [0.25, 0.3) is 0 Å². The molecule has 1 aromatic heterocycles. The van der Waals surface area contributed by atoms with Gasteiger partial charge in [-0.15, -0.1) is 0 Å². The SMILES string of the molecule is Cc1nn(C)c(C)c1CNC(=O)C(C)(C)Oc1ccc(Cl)cc1. The summed E-state index contributed by atoms with van der Waals surface area (Å²) >= 11 is 5.85. The van der Waals surface area contributed by atoms with Crippen LogP contribution in [0.3, 0.4) is 0 Å². The number of nitrogens with one attached hydrogen (secondary N) is 1. The van der Waals surface area contributed by atoms with Gasteiger partial charge in [0.2, 0.25) is 0 Å². The maximum atomic E-state index is 12.4. The lowest BCUT2D eigenvalue weighted by Crippen LogP contribution is -2.46. The fourth-order valence-corrected chi connectivity index (χ4v) is 2.42. The number of hydrogen-bond donors (Lipinski definition) is 1. The van der Waals surface area contributed by atoms with Gasteiger partial charge in [-0.2, -0.15) is 5.10 Å². The van der Waals surface area contributed by atoms with E-state index < -0.39 is 5.60 Å². The number of hydrogen-bond acceptors (Lipinski definition) is 3. The highest BCUT2D eigenvalue weighted by atomic mass is 35.5. The third kappa shape index (κ3) is 4.05. The van der Waals surface area contributed by atoms with Gasteiger partial charge in [-0.1, -0.05) is 11.6 Å². The van der Waals surface area contributed by atoms with Crippen molar-refractivity contribution in [1.82, 2.24) is 15.1 Å². The van der Waals surface area contributed by atoms with Gasteiger partial charge in [0.15, 0.2) is 5.60 Å². The van der Waals surface area contributed by atoms with Crippen LogP contribution in [0.2, 0.25) is 5.02 Å². The number of rotatable bonds is 5. The lowest BCUT2D eigenvalue weighted by molar-refractivity contribution is -0.134. The molecule has 0 saturated heterocycles. The van der Waals surface area contributed by atoms with E-state index in [2.05, 4.69) is 10.4 Å². The van der Waals surface area contributed by atoms with Crippen molar-refractivity contribution >= 4 is 17.5 Å². The van der Waals surface area contributed by atoms with E-state index >= 15 is 0 Å². The van der Waals surface area contributed by atoms with Crippen molar-refractivity contribution < 1.29 is 9.53 Å². The van der Waals surface area contributed by atoms with Gasteiger partial charge in [-0.25, -0.2) is 0 Å². The first-order valence-electron chi connectivity index (χ1n) is 7.42. The summed E-state index contributed by atoms with van der Waals surface area (Å²) in [4.78, 5) is 12.4. The third-order valence-electron chi connectivity index (χ3n) is 3.82. The van der Waals surface area contributed by atoms with Gasteiger partial charge >= 0.3 is 0 Å². The fraction of sp³-hybridized carbons (Fsp3) is 0.412. The minimum Gasteiger partial charge on any atom is -0.478 e. The highest BCUT2D eigenvalue weighted by Crippen LogP contribution is 2.21. The number of benzene rings is 1. The van der Waals surface area contributed by atoms with Crippen molar-refractivity contribution in [3.05, 3.63) is 46.2 Å². The number of halogens is 1. The Balaban J connectivity index is 2.02. The molecule has 0 saturated carbocycles. The molecule has 2 aromatic rings. The van der Waals surface area contributed by atoms with Crippen LogP contribution < -0.4 is 10.1 Å². The van der Waals surface area contributed by atoms with Crippen LogP contribution in [0, 0.1) is 13.8 Å². The Morgan fingerprint density at radius 2 is 1.91 bits per heavy atom. The van der Waals surface area contributed by atoms with E-state index in [1.807, 2.05) is 25.6 Å². The Morgan fingerprint density at radius 1 is 1.30 bits per heavy atom. The lowest BCUT2D eigenvalue weighted by atomic mass is 10.1. The summed E-state index contributed by atoms with van der Waals surface area (Å²) < 4.78 is 7.59. The second-order valence-electron chi connectivity index (χ2n) is 6.02. The molecule has 23 heavy (non-hydrogen) atoms. The van der Waals surface area contributed by atoms with Crippen LogP contribution in [-0.4, -0.2) is 21.3 Å². The Hall–Kier alpha value is -2.01. The normalized spacial score (nSPS) is 11.4. The second kappa shape index (κ2) is 6.62. The maximum Gasteiger partial charge on any atom is 0.263 e. The van der Waals surface area contributed by atoms with Crippen molar-refractivity contribution in [1.29, 1.82) is 0 Å². The van der Waals surface area contributed by atoms with Crippen molar-refractivity contribution in [2.24, 2.45) is 7.05 Å². The zero-order valence-electron chi connectivity index (χ0n) is 14.1. The highest BCUT2D eigenvalue weighted by molar-refractivity contribution is 6.30. The predicted octanol–water partition coefficient (Wildman–Crippen LogP) is 3.16. The third-order valence-corrected chi connectivity index (χ3v) is 4.07. The van der Waals surface area contributed by atoms with Crippen molar-refractivity contribution in [3.63, 3.8) is 0 Å². The largest absolute Gasteiger partial charge is 0.478 e. The molecule has 0 spiro atoms. The molecular weight excluding hydrogens is 314 g/mol. The van der Waals surface area contributed by atoms with Gasteiger partial charge in [-0.05, 0) is 52.0 Å². The Morgan fingerprint density at radius 3 is 2.43 bits per heavy atom. The number of amides is 1. The number of aryl methyl sites for hydroxylation is 2. The number of aromatic nitrogens is 2. The van der Waals surface area contributed by atoms with Gasteiger partial charge in [0.25, 0.3) is 5.91 Å². The topological polar surface area (TPSA) is 56.2 Å². The molecule has 0 atom stereocenters. The maximum absolute atomic E-state index is 12.4. The average Bonchev–Trinajstić information content (AvgIpc) is 2.72. The summed E-state index contributed by atoms with van der Waals surface area (Å²) in [6, 6.07) is 6.94.